The Hall–Kier alpha value is -2.49. The largest absolute Gasteiger partial charge is 0.289 e. The van der Waals surface area contributed by atoms with E-state index in [2.05, 4.69) is 0 Å². The quantitative estimate of drug-likeness (QED) is 0.487. The Balaban J connectivity index is 1.90. The molecule has 1 aliphatic rings. The van der Waals surface area contributed by atoms with Crippen molar-refractivity contribution in [3.8, 4) is 0 Å². The molecule has 0 amide bonds. The molecule has 0 saturated heterocycles. The standard InChI is InChI=1S/C16H13NO3/c18-16(12-6-8-15(9-7-12)17(19)20)14-5-4-11-2-1-3-13(11)10-14/h4-10H,1-3H2. The molecular weight excluding hydrogens is 254 g/mol. The maximum Gasteiger partial charge on any atom is 0.269 e. The van der Waals surface area contributed by atoms with E-state index in [0.717, 1.165) is 19.3 Å². The molecule has 0 bridgehead atoms. The number of benzene rings is 2. The van der Waals surface area contributed by atoms with Gasteiger partial charge in [-0.2, -0.15) is 0 Å². The number of nitro benzene ring substituents is 1. The lowest BCUT2D eigenvalue weighted by atomic mass is 9.99. The Kier molecular flexibility index (Phi) is 3.06. The third-order valence-electron chi connectivity index (χ3n) is 3.70. The number of hydrogen-bond donors (Lipinski definition) is 0. The Morgan fingerprint density at radius 3 is 2.30 bits per heavy atom. The van der Waals surface area contributed by atoms with Crippen LogP contribution in [0, 0.1) is 10.1 Å². The highest BCUT2D eigenvalue weighted by molar-refractivity contribution is 6.09. The van der Waals surface area contributed by atoms with E-state index < -0.39 is 4.92 Å². The van der Waals surface area contributed by atoms with Gasteiger partial charge in [-0.25, -0.2) is 0 Å². The number of non-ortho nitro benzene ring substituents is 1. The van der Waals surface area contributed by atoms with Crippen molar-refractivity contribution in [2.45, 2.75) is 19.3 Å². The van der Waals surface area contributed by atoms with Gasteiger partial charge < -0.3 is 0 Å². The molecule has 3 rings (SSSR count). The van der Waals surface area contributed by atoms with Crippen LogP contribution in [0.2, 0.25) is 0 Å². The van der Waals surface area contributed by atoms with Crippen molar-refractivity contribution < 1.29 is 9.72 Å². The summed E-state index contributed by atoms with van der Waals surface area (Å²) in [7, 11) is 0. The van der Waals surface area contributed by atoms with Crippen LogP contribution in [0.1, 0.15) is 33.5 Å². The average molecular weight is 267 g/mol. The van der Waals surface area contributed by atoms with Crippen molar-refractivity contribution in [2.75, 3.05) is 0 Å². The Labute approximate surface area is 116 Å². The molecule has 2 aromatic carbocycles. The second kappa shape index (κ2) is 4.89. The lowest BCUT2D eigenvalue weighted by Gasteiger charge is -2.04. The summed E-state index contributed by atoms with van der Waals surface area (Å²) >= 11 is 0. The van der Waals surface area contributed by atoms with Crippen molar-refractivity contribution in [3.63, 3.8) is 0 Å². The molecule has 20 heavy (non-hydrogen) atoms. The minimum Gasteiger partial charge on any atom is -0.289 e. The number of ketones is 1. The molecule has 0 saturated carbocycles. The first-order valence-electron chi connectivity index (χ1n) is 6.56. The van der Waals surface area contributed by atoms with Gasteiger partial charge in [-0.15, -0.1) is 0 Å². The summed E-state index contributed by atoms with van der Waals surface area (Å²) in [5.41, 5.74) is 3.70. The minimum atomic E-state index is -0.469. The van der Waals surface area contributed by atoms with E-state index in [1.807, 2.05) is 18.2 Å². The zero-order valence-electron chi connectivity index (χ0n) is 10.8. The summed E-state index contributed by atoms with van der Waals surface area (Å²) in [4.78, 5) is 22.5. The van der Waals surface area contributed by atoms with Gasteiger partial charge in [0.2, 0.25) is 0 Å². The summed E-state index contributed by atoms with van der Waals surface area (Å²) in [5.74, 6) is -0.0883. The van der Waals surface area contributed by atoms with Crippen LogP contribution < -0.4 is 0 Å². The first-order valence-corrected chi connectivity index (χ1v) is 6.56. The Morgan fingerprint density at radius 2 is 1.60 bits per heavy atom. The summed E-state index contributed by atoms with van der Waals surface area (Å²) in [5, 5.41) is 10.6. The summed E-state index contributed by atoms with van der Waals surface area (Å²) < 4.78 is 0. The van der Waals surface area contributed by atoms with E-state index in [4.69, 9.17) is 0 Å². The molecule has 0 aliphatic heterocycles. The topological polar surface area (TPSA) is 60.2 Å². The van der Waals surface area contributed by atoms with Gasteiger partial charge in [0.05, 0.1) is 4.92 Å². The molecule has 0 spiro atoms. The van der Waals surface area contributed by atoms with Gasteiger partial charge in [0.1, 0.15) is 0 Å². The van der Waals surface area contributed by atoms with Crippen LogP contribution in [0.5, 0.6) is 0 Å². The summed E-state index contributed by atoms with van der Waals surface area (Å²) in [6, 6.07) is 11.5. The zero-order valence-corrected chi connectivity index (χ0v) is 10.8. The lowest BCUT2D eigenvalue weighted by molar-refractivity contribution is -0.384. The molecular formula is C16H13NO3. The molecule has 0 fully saturated rings. The van der Waals surface area contributed by atoms with Gasteiger partial charge >= 0.3 is 0 Å². The van der Waals surface area contributed by atoms with E-state index in [9.17, 15) is 14.9 Å². The van der Waals surface area contributed by atoms with Crippen molar-refractivity contribution >= 4 is 11.5 Å². The molecule has 1 aliphatic carbocycles. The number of carbonyl (C=O) groups is 1. The number of nitro groups is 1. The van der Waals surface area contributed by atoms with Crippen molar-refractivity contribution in [2.24, 2.45) is 0 Å². The number of rotatable bonds is 3. The van der Waals surface area contributed by atoms with Crippen LogP contribution in [0.4, 0.5) is 5.69 Å². The molecule has 4 nitrogen and oxygen atoms in total. The molecule has 2 aromatic rings. The SMILES string of the molecule is O=C(c1ccc([N+](=O)[O-])cc1)c1ccc2c(c1)CCC2. The fourth-order valence-electron chi connectivity index (χ4n) is 2.61. The fraction of sp³-hybridized carbons (Fsp3) is 0.188. The Bertz CT molecular complexity index is 689. The average Bonchev–Trinajstić information content (AvgIpc) is 2.94. The monoisotopic (exact) mass is 267 g/mol. The van der Waals surface area contributed by atoms with E-state index in [1.54, 1.807) is 0 Å². The lowest BCUT2D eigenvalue weighted by Crippen LogP contribution is -2.02. The smallest absolute Gasteiger partial charge is 0.269 e. The molecule has 100 valence electrons. The maximum atomic E-state index is 12.4. The molecule has 0 unspecified atom stereocenters. The molecule has 0 atom stereocenters. The highest BCUT2D eigenvalue weighted by atomic mass is 16.6. The number of carbonyl (C=O) groups excluding carboxylic acids is 1. The summed E-state index contributed by atoms with van der Waals surface area (Å²) in [6.07, 6.45) is 3.25. The highest BCUT2D eigenvalue weighted by Gasteiger charge is 2.15. The Morgan fingerprint density at radius 1 is 0.950 bits per heavy atom. The van der Waals surface area contributed by atoms with Crippen LogP contribution in [-0.2, 0) is 12.8 Å². The van der Waals surface area contributed by atoms with Gasteiger partial charge in [-0.3, -0.25) is 14.9 Å². The van der Waals surface area contributed by atoms with Crippen LogP contribution in [-0.4, -0.2) is 10.7 Å². The zero-order chi connectivity index (χ0) is 14.1. The van der Waals surface area contributed by atoms with E-state index >= 15 is 0 Å². The third kappa shape index (κ3) is 2.20. The predicted molar refractivity (Wildman–Crippen MR) is 75.0 cm³/mol. The van der Waals surface area contributed by atoms with Crippen LogP contribution in [0.25, 0.3) is 0 Å². The molecule has 0 N–H and O–H groups in total. The first-order chi connectivity index (χ1) is 9.65. The molecule has 0 aromatic heterocycles. The molecule has 4 heteroatoms. The number of hydrogen-bond acceptors (Lipinski definition) is 3. The van der Waals surface area contributed by atoms with Crippen molar-refractivity contribution in [1.29, 1.82) is 0 Å². The van der Waals surface area contributed by atoms with Crippen molar-refractivity contribution in [3.05, 3.63) is 74.8 Å². The number of fused-ring (bicyclic) bond motifs is 1. The normalized spacial score (nSPS) is 13.0. The fourth-order valence-corrected chi connectivity index (χ4v) is 2.61. The first kappa shape index (κ1) is 12.5. The predicted octanol–water partition coefficient (Wildman–Crippen LogP) is 3.31. The van der Waals surface area contributed by atoms with Gasteiger partial charge in [0, 0.05) is 23.3 Å². The van der Waals surface area contributed by atoms with E-state index in [1.165, 1.54) is 35.4 Å². The van der Waals surface area contributed by atoms with Gasteiger partial charge in [-0.05, 0) is 48.6 Å². The van der Waals surface area contributed by atoms with Crippen molar-refractivity contribution in [1.82, 2.24) is 0 Å². The van der Waals surface area contributed by atoms with Gasteiger partial charge in [-0.1, -0.05) is 12.1 Å². The highest BCUT2D eigenvalue weighted by Crippen LogP contribution is 2.24. The second-order valence-electron chi connectivity index (χ2n) is 4.97. The van der Waals surface area contributed by atoms with Crippen LogP contribution in [0.3, 0.4) is 0 Å². The maximum absolute atomic E-state index is 12.4. The van der Waals surface area contributed by atoms with E-state index in [-0.39, 0.29) is 11.5 Å². The summed E-state index contributed by atoms with van der Waals surface area (Å²) in [6.45, 7) is 0. The number of nitrogens with zero attached hydrogens (tertiary/aromatic N) is 1. The molecule has 0 radical (unpaired) electrons. The van der Waals surface area contributed by atoms with Gasteiger partial charge in [0.15, 0.2) is 5.78 Å². The molecule has 0 heterocycles. The third-order valence-corrected chi connectivity index (χ3v) is 3.70. The minimum absolute atomic E-state index is 0.00416. The number of aryl methyl sites for hydroxylation is 2. The van der Waals surface area contributed by atoms with Crippen LogP contribution >= 0.6 is 0 Å². The van der Waals surface area contributed by atoms with Gasteiger partial charge in [0.25, 0.3) is 5.69 Å². The van der Waals surface area contributed by atoms with E-state index in [0.29, 0.717) is 11.1 Å². The van der Waals surface area contributed by atoms with Crippen LogP contribution in [0.15, 0.2) is 42.5 Å². The second-order valence-corrected chi connectivity index (χ2v) is 4.97.